The Kier molecular flexibility index (Phi) is 3.28. The minimum atomic E-state index is 0.122. The van der Waals surface area contributed by atoms with E-state index in [1.165, 1.54) is 25.7 Å². The van der Waals surface area contributed by atoms with E-state index in [2.05, 4.69) is 36.3 Å². The summed E-state index contributed by atoms with van der Waals surface area (Å²) in [6.45, 7) is 7.27. The zero-order valence-corrected chi connectivity index (χ0v) is 10.4. The molecule has 1 saturated carbocycles. The minimum absolute atomic E-state index is 0.122. The first-order chi connectivity index (χ1) is 7.65. The number of hydrogen-bond acceptors (Lipinski definition) is 4. The summed E-state index contributed by atoms with van der Waals surface area (Å²) in [5, 5.41) is 11.6. The molecular weight excluding hydrogens is 202 g/mol. The standard InChI is InChI=1S/C12H21N3O/c1-4-13-9(2)10-14-15-11(16-10)12(3)7-5-6-8-12/h9,13H,4-8H2,1-3H3. The zero-order chi connectivity index (χ0) is 11.6. The van der Waals surface area contributed by atoms with Crippen molar-refractivity contribution in [1.29, 1.82) is 0 Å². The molecule has 1 N–H and O–H groups in total. The number of aromatic nitrogens is 2. The second-order valence-electron chi connectivity index (χ2n) is 4.99. The largest absolute Gasteiger partial charge is 0.423 e. The maximum Gasteiger partial charge on any atom is 0.233 e. The third-order valence-electron chi connectivity index (χ3n) is 3.54. The molecule has 1 aromatic rings. The van der Waals surface area contributed by atoms with Crippen LogP contribution in [0.15, 0.2) is 4.42 Å². The summed E-state index contributed by atoms with van der Waals surface area (Å²) < 4.78 is 5.80. The molecule has 0 aromatic carbocycles. The molecule has 1 aromatic heterocycles. The van der Waals surface area contributed by atoms with Gasteiger partial charge in [0.2, 0.25) is 11.8 Å². The maximum atomic E-state index is 5.80. The Morgan fingerprint density at radius 2 is 2.06 bits per heavy atom. The predicted molar refractivity (Wildman–Crippen MR) is 62.2 cm³/mol. The Balaban J connectivity index is 2.12. The van der Waals surface area contributed by atoms with Crippen molar-refractivity contribution in [2.45, 2.75) is 57.9 Å². The molecular formula is C12H21N3O. The molecule has 90 valence electrons. The molecule has 4 nitrogen and oxygen atoms in total. The van der Waals surface area contributed by atoms with Gasteiger partial charge >= 0.3 is 0 Å². The number of nitrogens with zero attached hydrogens (tertiary/aromatic N) is 2. The maximum absolute atomic E-state index is 5.80. The van der Waals surface area contributed by atoms with Gasteiger partial charge in [-0.15, -0.1) is 10.2 Å². The molecule has 1 unspecified atom stereocenters. The third-order valence-corrected chi connectivity index (χ3v) is 3.54. The molecule has 0 spiro atoms. The summed E-state index contributed by atoms with van der Waals surface area (Å²) in [5.74, 6) is 1.54. The Labute approximate surface area is 96.8 Å². The second kappa shape index (κ2) is 4.53. The van der Waals surface area contributed by atoms with Crippen molar-refractivity contribution in [3.63, 3.8) is 0 Å². The SMILES string of the molecule is CCNC(C)c1nnc(C2(C)CCCC2)o1. The van der Waals surface area contributed by atoms with Crippen molar-refractivity contribution < 1.29 is 4.42 Å². The Hall–Kier alpha value is -0.900. The van der Waals surface area contributed by atoms with Gasteiger partial charge in [-0.1, -0.05) is 26.7 Å². The summed E-state index contributed by atoms with van der Waals surface area (Å²) in [5.41, 5.74) is 0.122. The number of rotatable bonds is 4. The number of hydrogen-bond donors (Lipinski definition) is 1. The molecule has 1 aliphatic carbocycles. The topological polar surface area (TPSA) is 51.0 Å². The van der Waals surface area contributed by atoms with Gasteiger partial charge in [-0.2, -0.15) is 0 Å². The minimum Gasteiger partial charge on any atom is -0.423 e. The van der Waals surface area contributed by atoms with E-state index >= 15 is 0 Å². The summed E-state index contributed by atoms with van der Waals surface area (Å²) in [6.07, 6.45) is 4.89. The van der Waals surface area contributed by atoms with Gasteiger partial charge in [0.1, 0.15) is 0 Å². The lowest BCUT2D eigenvalue weighted by molar-refractivity contribution is 0.320. The van der Waals surface area contributed by atoms with E-state index in [0.29, 0.717) is 5.89 Å². The van der Waals surface area contributed by atoms with Crippen molar-refractivity contribution in [1.82, 2.24) is 15.5 Å². The van der Waals surface area contributed by atoms with E-state index in [9.17, 15) is 0 Å². The van der Waals surface area contributed by atoms with Gasteiger partial charge in [-0.05, 0) is 26.3 Å². The second-order valence-corrected chi connectivity index (χ2v) is 4.99. The highest BCUT2D eigenvalue weighted by Gasteiger charge is 2.36. The summed E-state index contributed by atoms with van der Waals surface area (Å²) in [4.78, 5) is 0. The smallest absolute Gasteiger partial charge is 0.233 e. The number of nitrogens with one attached hydrogen (secondary N) is 1. The predicted octanol–water partition coefficient (Wildman–Crippen LogP) is 2.57. The summed E-state index contributed by atoms with van der Waals surface area (Å²) >= 11 is 0. The van der Waals surface area contributed by atoms with Crippen LogP contribution >= 0.6 is 0 Å². The Morgan fingerprint density at radius 3 is 2.69 bits per heavy atom. The van der Waals surface area contributed by atoms with E-state index in [0.717, 1.165) is 12.4 Å². The molecule has 4 heteroatoms. The quantitative estimate of drug-likeness (QED) is 0.852. The van der Waals surface area contributed by atoms with Crippen LogP contribution in [0.2, 0.25) is 0 Å². The van der Waals surface area contributed by atoms with Crippen LogP contribution in [0.5, 0.6) is 0 Å². The van der Waals surface area contributed by atoms with Crippen LogP contribution in [-0.2, 0) is 5.41 Å². The van der Waals surface area contributed by atoms with Gasteiger partial charge in [0.15, 0.2) is 0 Å². The highest BCUT2D eigenvalue weighted by atomic mass is 16.4. The van der Waals surface area contributed by atoms with E-state index in [4.69, 9.17) is 4.42 Å². The van der Waals surface area contributed by atoms with Crippen LogP contribution in [0.4, 0.5) is 0 Å². The van der Waals surface area contributed by atoms with E-state index in [1.807, 2.05) is 0 Å². The van der Waals surface area contributed by atoms with Crippen molar-refractivity contribution in [3.05, 3.63) is 11.8 Å². The summed E-state index contributed by atoms with van der Waals surface area (Å²) in [6, 6.07) is 0.149. The lowest BCUT2D eigenvalue weighted by atomic mass is 9.89. The summed E-state index contributed by atoms with van der Waals surface area (Å²) in [7, 11) is 0. The van der Waals surface area contributed by atoms with Crippen molar-refractivity contribution in [2.24, 2.45) is 0 Å². The molecule has 1 atom stereocenters. The molecule has 16 heavy (non-hydrogen) atoms. The van der Waals surface area contributed by atoms with Crippen LogP contribution in [0, 0.1) is 0 Å². The van der Waals surface area contributed by atoms with Crippen molar-refractivity contribution in [2.75, 3.05) is 6.54 Å². The lowest BCUT2D eigenvalue weighted by Gasteiger charge is -2.17. The molecule has 0 saturated heterocycles. The molecule has 1 heterocycles. The van der Waals surface area contributed by atoms with Gasteiger partial charge in [-0.3, -0.25) is 0 Å². The highest BCUT2D eigenvalue weighted by Crippen LogP contribution is 2.39. The zero-order valence-electron chi connectivity index (χ0n) is 10.4. The van der Waals surface area contributed by atoms with Gasteiger partial charge in [0.25, 0.3) is 0 Å². The molecule has 0 bridgehead atoms. The monoisotopic (exact) mass is 223 g/mol. The van der Waals surface area contributed by atoms with Gasteiger partial charge < -0.3 is 9.73 Å². The normalized spacial score (nSPS) is 21.2. The van der Waals surface area contributed by atoms with Gasteiger partial charge in [0.05, 0.1) is 6.04 Å². The molecule has 0 radical (unpaired) electrons. The Bertz CT molecular complexity index is 342. The first kappa shape index (κ1) is 11.6. The van der Waals surface area contributed by atoms with Crippen molar-refractivity contribution >= 4 is 0 Å². The first-order valence-corrected chi connectivity index (χ1v) is 6.23. The molecule has 0 aliphatic heterocycles. The van der Waals surface area contributed by atoms with Crippen LogP contribution in [-0.4, -0.2) is 16.7 Å². The molecule has 1 aliphatic rings. The van der Waals surface area contributed by atoms with Crippen LogP contribution in [0.25, 0.3) is 0 Å². The van der Waals surface area contributed by atoms with Crippen molar-refractivity contribution in [3.8, 4) is 0 Å². The first-order valence-electron chi connectivity index (χ1n) is 6.23. The molecule has 2 rings (SSSR count). The average Bonchev–Trinajstić information content (AvgIpc) is 2.86. The Morgan fingerprint density at radius 1 is 1.38 bits per heavy atom. The lowest BCUT2D eigenvalue weighted by Crippen LogP contribution is -2.18. The molecule has 0 amide bonds. The van der Waals surface area contributed by atoms with E-state index in [-0.39, 0.29) is 11.5 Å². The van der Waals surface area contributed by atoms with Crippen LogP contribution in [0.1, 0.15) is 64.3 Å². The van der Waals surface area contributed by atoms with Crippen LogP contribution < -0.4 is 5.32 Å². The van der Waals surface area contributed by atoms with Crippen LogP contribution in [0.3, 0.4) is 0 Å². The van der Waals surface area contributed by atoms with E-state index in [1.54, 1.807) is 0 Å². The fourth-order valence-electron chi connectivity index (χ4n) is 2.42. The fraction of sp³-hybridized carbons (Fsp3) is 0.833. The van der Waals surface area contributed by atoms with E-state index < -0.39 is 0 Å². The average molecular weight is 223 g/mol. The van der Waals surface area contributed by atoms with Gasteiger partial charge in [0, 0.05) is 5.41 Å². The highest BCUT2D eigenvalue weighted by molar-refractivity contribution is 5.05. The van der Waals surface area contributed by atoms with Gasteiger partial charge in [-0.25, -0.2) is 0 Å². The fourth-order valence-corrected chi connectivity index (χ4v) is 2.42. The molecule has 1 fully saturated rings. The third kappa shape index (κ3) is 2.12.